The molecule has 0 aliphatic heterocycles. The van der Waals surface area contributed by atoms with Gasteiger partial charge in [-0.15, -0.1) is 0 Å². The van der Waals surface area contributed by atoms with Gasteiger partial charge in [0.25, 0.3) is 0 Å². The maximum atomic E-state index is 14.7. The highest BCUT2D eigenvalue weighted by Crippen LogP contribution is 2.28. The zero-order chi connectivity index (χ0) is 29.9. The van der Waals surface area contributed by atoms with Crippen LogP contribution in [0.15, 0.2) is 95.0 Å². The van der Waals surface area contributed by atoms with Gasteiger partial charge >= 0.3 is 5.69 Å². The van der Waals surface area contributed by atoms with E-state index >= 15 is 0 Å². The van der Waals surface area contributed by atoms with Crippen molar-refractivity contribution in [2.45, 2.75) is 25.2 Å². The Morgan fingerprint density at radius 3 is 2.43 bits per heavy atom. The molecule has 1 unspecified atom stereocenters. The summed E-state index contributed by atoms with van der Waals surface area (Å²) in [6.07, 6.45) is 4.08. The molecule has 0 radical (unpaired) electrons. The number of ketones is 1. The molecule has 3 aromatic carbocycles. The maximum absolute atomic E-state index is 14.7. The van der Waals surface area contributed by atoms with E-state index in [1.807, 2.05) is 12.1 Å². The van der Waals surface area contributed by atoms with Crippen LogP contribution >= 0.6 is 15.9 Å². The highest BCUT2D eigenvalue weighted by molar-refractivity contribution is 9.10. The average molecular weight is 638 g/mol. The lowest BCUT2D eigenvalue weighted by molar-refractivity contribution is -0.0175. The summed E-state index contributed by atoms with van der Waals surface area (Å²) in [5.74, 6) is -1.84. The van der Waals surface area contributed by atoms with E-state index in [9.17, 15) is 23.5 Å². The van der Waals surface area contributed by atoms with Crippen LogP contribution in [0.25, 0.3) is 5.69 Å². The summed E-state index contributed by atoms with van der Waals surface area (Å²) in [7, 11) is 1.76. The molecule has 216 valence electrons. The molecule has 2 aromatic heterocycles. The van der Waals surface area contributed by atoms with Crippen LogP contribution in [0.5, 0.6) is 0 Å². The number of hydrogen-bond acceptors (Lipinski definition) is 7. The first-order valence-electron chi connectivity index (χ1n) is 12.8. The van der Waals surface area contributed by atoms with Gasteiger partial charge in [-0.2, -0.15) is 10.2 Å². The van der Waals surface area contributed by atoms with Crippen molar-refractivity contribution >= 4 is 21.7 Å². The molecular formula is C29H26BrF2N7O3. The molecule has 0 aliphatic rings. The smallest absolute Gasteiger partial charge is 0.350 e. The van der Waals surface area contributed by atoms with Crippen molar-refractivity contribution in [2.24, 2.45) is 0 Å². The van der Waals surface area contributed by atoms with Crippen molar-refractivity contribution < 1.29 is 18.7 Å². The number of carbonyl (C=O) groups is 1. The van der Waals surface area contributed by atoms with Gasteiger partial charge in [-0.25, -0.2) is 32.5 Å². The summed E-state index contributed by atoms with van der Waals surface area (Å²) in [4.78, 5) is 31.2. The highest BCUT2D eigenvalue weighted by Gasteiger charge is 2.35. The molecule has 2 heterocycles. The third-order valence-electron chi connectivity index (χ3n) is 6.71. The molecular weight excluding hydrogens is 612 g/mol. The Balaban J connectivity index is 1.28. The number of Topliss-reactive ketones (excluding diaryl/α,β-unsaturated/α-hetero) is 1. The Kier molecular flexibility index (Phi) is 8.52. The monoisotopic (exact) mass is 637 g/mol. The highest BCUT2D eigenvalue weighted by atomic mass is 79.9. The van der Waals surface area contributed by atoms with E-state index in [-0.39, 0.29) is 31.0 Å². The number of carbonyl (C=O) groups excluding carboxylic acids is 1. The standard InChI is InChI=1S/C29H26BrF2N7O3/c1-36(15-29(42,16-37-18-33-17-34-37)25-11-8-23(31)12-26(25)32)13-20-2-9-24(10-3-20)38-19-35-39(28(38)41)14-27(40)21-4-6-22(30)7-5-21/h2-12,17-19,42H,13-16H2,1H3. The van der Waals surface area contributed by atoms with Gasteiger partial charge in [0.15, 0.2) is 5.78 Å². The first-order valence-corrected chi connectivity index (χ1v) is 13.6. The Bertz CT molecular complexity index is 1740. The van der Waals surface area contributed by atoms with Crippen molar-refractivity contribution in [1.82, 2.24) is 34.0 Å². The van der Waals surface area contributed by atoms with Crippen LogP contribution in [0.2, 0.25) is 0 Å². The lowest BCUT2D eigenvalue weighted by Crippen LogP contribution is -2.43. The fourth-order valence-corrected chi connectivity index (χ4v) is 5.00. The van der Waals surface area contributed by atoms with E-state index in [1.54, 1.807) is 48.3 Å². The molecule has 42 heavy (non-hydrogen) atoms. The van der Waals surface area contributed by atoms with Gasteiger partial charge < -0.3 is 5.11 Å². The second-order valence-corrected chi connectivity index (χ2v) is 10.9. The summed E-state index contributed by atoms with van der Waals surface area (Å²) < 4.78 is 33.0. The predicted molar refractivity (Wildman–Crippen MR) is 153 cm³/mol. The number of likely N-dealkylation sites (N-methyl/N-ethyl adjacent to an activating group) is 1. The Labute approximate surface area is 247 Å². The van der Waals surface area contributed by atoms with Gasteiger partial charge in [-0.05, 0) is 42.9 Å². The second kappa shape index (κ2) is 12.3. The summed E-state index contributed by atoms with van der Waals surface area (Å²) in [6.45, 7) is 0.0763. The minimum absolute atomic E-state index is 0.00418. The van der Waals surface area contributed by atoms with Gasteiger partial charge in [0.2, 0.25) is 0 Å². The quantitative estimate of drug-likeness (QED) is 0.220. The van der Waals surface area contributed by atoms with E-state index in [0.717, 1.165) is 26.9 Å². The fourth-order valence-electron chi connectivity index (χ4n) is 4.73. The van der Waals surface area contributed by atoms with Crippen molar-refractivity contribution in [2.75, 3.05) is 13.6 Å². The van der Waals surface area contributed by atoms with E-state index < -0.39 is 22.9 Å². The first kappa shape index (κ1) is 29.2. The summed E-state index contributed by atoms with van der Waals surface area (Å²) in [5.41, 5.74) is -0.361. The molecule has 0 saturated heterocycles. The predicted octanol–water partition coefficient (Wildman–Crippen LogP) is 3.57. The lowest BCUT2D eigenvalue weighted by atomic mass is 9.92. The van der Waals surface area contributed by atoms with Crippen molar-refractivity contribution in [1.29, 1.82) is 0 Å². The van der Waals surface area contributed by atoms with Crippen molar-refractivity contribution in [3.05, 3.63) is 129 Å². The number of benzene rings is 3. The van der Waals surface area contributed by atoms with E-state index in [2.05, 4.69) is 31.1 Å². The zero-order valence-electron chi connectivity index (χ0n) is 22.4. The van der Waals surface area contributed by atoms with Crippen LogP contribution in [0.3, 0.4) is 0 Å². The SMILES string of the molecule is CN(Cc1ccc(-n2cnn(CC(=O)c3ccc(Br)cc3)c2=O)cc1)CC(O)(Cn1cncn1)c1ccc(F)cc1F. The fraction of sp³-hybridized carbons (Fsp3) is 0.207. The largest absolute Gasteiger partial charge is 0.382 e. The maximum Gasteiger partial charge on any atom is 0.350 e. The van der Waals surface area contributed by atoms with Crippen LogP contribution in [-0.2, 0) is 25.2 Å². The van der Waals surface area contributed by atoms with Gasteiger partial charge in [0.05, 0.1) is 12.2 Å². The Hall–Kier alpha value is -4.33. The molecule has 1 atom stereocenters. The van der Waals surface area contributed by atoms with Crippen LogP contribution < -0.4 is 5.69 Å². The van der Waals surface area contributed by atoms with Crippen LogP contribution in [0.1, 0.15) is 21.5 Å². The number of rotatable bonds is 11. The Morgan fingerprint density at radius 2 is 1.76 bits per heavy atom. The van der Waals surface area contributed by atoms with Crippen molar-refractivity contribution in [3.63, 3.8) is 0 Å². The van der Waals surface area contributed by atoms with Gasteiger partial charge in [-0.3, -0.25) is 9.69 Å². The molecule has 0 bridgehead atoms. The molecule has 5 rings (SSSR count). The third-order valence-corrected chi connectivity index (χ3v) is 7.24. The molecule has 5 aromatic rings. The number of aromatic nitrogens is 6. The average Bonchev–Trinajstić information content (AvgIpc) is 3.58. The van der Waals surface area contributed by atoms with Crippen LogP contribution in [-0.4, -0.2) is 58.5 Å². The summed E-state index contributed by atoms with van der Waals surface area (Å²) in [6, 6.07) is 17.1. The topological polar surface area (TPSA) is 111 Å². The summed E-state index contributed by atoms with van der Waals surface area (Å²) in [5, 5.41) is 19.7. The molecule has 0 aliphatic carbocycles. The van der Waals surface area contributed by atoms with Gasteiger partial charge in [0.1, 0.15) is 42.8 Å². The van der Waals surface area contributed by atoms with Gasteiger partial charge in [-0.1, -0.05) is 46.3 Å². The molecule has 13 heteroatoms. The first-order chi connectivity index (χ1) is 20.1. The second-order valence-electron chi connectivity index (χ2n) is 9.96. The minimum Gasteiger partial charge on any atom is -0.382 e. The molecule has 10 nitrogen and oxygen atoms in total. The zero-order valence-corrected chi connectivity index (χ0v) is 24.0. The molecule has 1 N–H and O–H groups in total. The molecule has 0 saturated carbocycles. The molecule has 0 amide bonds. The number of halogens is 3. The minimum atomic E-state index is -1.74. The third kappa shape index (κ3) is 6.59. The van der Waals surface area contributed by atoms with E-state index in [4.69, 9.17) is 0 Å². The van der Waals surface area contributed by atoms with Crippen LogP contribution in [0.4, 0.5) is 8.78 Å². The van der Waals surface area contributed by atoms with E-state index in [1.165, 1.54) is 34.3 Å². The normalized spacial score (nSPS) is 12.9. The number of hydrogen-bond donors (Lipinski definition) is 1. The van der Waals surface area contributed by atoms with Gasteiger partial charge in [0, 0.05) is 34.8 Å². The van der Waals surface area contributed by atoms with E-state index in [0.29, 0.717) is 17.8 Å². The lowest BCUT2D eigenvalue weighted by Gasteiger charge is -2.33. The molecule has 0 spiro atoms. The van der Waals surface area contributed by atoms with Crippen molar-refractivity contribution in [3.8, 4) is 5.69 Å². The van der Waals surface area contributed by atoms with Crippen LogP contribution in [0, 0.1) is 11.6 Å². The number of nitrogens with zero attached hydrogens (tertiary/aromatic N) is 7. The Morgan fingerprint density at radius 1 is 1.02 bits per heavy atom. The molecule has 0 fully saturated rings. The number of aliphatic hydroxyl groups is 1. The summed E-state index contributed by atoms with van der Waals surface area (Å²) >= 11 is 3.33.